The van der Waals surface area contributed by atoms with Gasteiger partial charge in [0.1, 0.15) is 24.4 Å². The van der Waals surface area contributed by atoms with Crippen molar-refractivity contribution in [1.82, 2.24) is 9.55 Å². The van der Waals surface area contributed by atoms with Gasteiger partial charge in [-0.2, -0.15) is 0 Å². The zero-order chi connectivity index (χ0) is 36.5. The van der Waals surface area contributed by atoms with Crippen molar-refractivity contribution in [3.05, 3.63) is 32.7 Å². The molecule has 1 unspecified atom stereocenters. The van der Waals surface area contributed by atoms with E-state index in [0.717, 1.165) is 44.0 Å². The van der Waals surface area contributed by atoms with E-state index < -0.39 is 111 Å². The molecule has 0 radical (unpaired) electrons. The number of aromatic nitrogens is 2. The zero-order valence-electron chi connectivity index (χ0n) is 27.9. The maximum absolute atomic E-state index is 12.7. The molecule has 21 nitrogen and oxygen atoms in total. The Morgan fingerprint density at radius 3 is 2.26 bits per heavy atom. The number of aryl methyl sites for hydroxylation is 1. The minimum absolute atomic E-state index is 0. The summed E-state index contributed by atoms with van der Waals surface area (Å²) in [5.74, 6) is -3.89. The second kappa shape index (κ2) is 19.7. The van der Waals surface area contributed by atoms with E-state index in [4.69, 9.17) is 43.0 Å². The minimum atomic E-state index is -4.77. The Kier molecular flexibility index (Phi) is 17.1. The third-order valence-corrected chi connectivity index (χ3v) is 8.87. The molecule has 9 atom stereocenters. The molecule has 0 aromatic carbocycles. The average Bonchev–Trinajstić information content (AvgIpc) is 3.39. The summed E-state index contributed by atoms with van der Waals surface area (Å²) < 4.78 is 56.6. The molecule has 3 rings (SSSR count). The predicted octanol–water partition coefficient (Wildman–Crippen LogP) is -2.45. The molecule has 3 heterocycles. The number of carbonyl (C=O) groups is 4. The van der Waals surface area contributed by atoms with E-state index >= 15 is 0 Å². The smallest absolute Gasteiger partial charge is 0.858 e. The molecular weight excluding hydrogens is 724 g/mol. The van der Waals surface area contributed by atoms with Gasteiger partial charge < -0.3 is 38.4 Å². The van der Waals surface area contributed by atoms with Gasteiger partial charge in [0.2, 0.25) is 0 Å². The average molecular weight is 760 g/mol. The number of azide groups is 1. The Labute approximate surface area is 311 Å². The van der Waals surface area contributed by atoms with Crippen molar-refractivity contribution in [2.45, 2.75) is 89.3 Å². The van der Waals surface area contributed by atoms with Crippen LogP contribution in [-0.4, -0.2) is 106 Å². The fourth-order valence-corrected chi connectivity index (χ4v) is 6.72. The van der Waals surface area contributed by atoms with E-state index in [0.29, 0.717) is 0 Å². The maximum Gasteiger partial charge on any atom is 1.00 e. The number of hydrogen-bond acceptors (Lipinski definition) is 18. The standard InChI is InChI=1S/C26H36N5O16PS.Na/c1-12-9-31(26(37)28-24(12)36)20-8-17(29-30-27)18(46-20)11-42-48(38,39)41-6-7-49-25-23(45-16(5)35)22(44-15(4)34)21(43-14(3)33)19(47-25)10-40-13(2)32;/h9,17-23,25H,6-8,10-11H2,1-5H3,(H,38,39)(H,28,36,37);/q;+1/p-1/t17-,18+,19+,20+,21+,22-,23+,25-;/m0./s1. The molecule has 24 heteroatoms. The van der Waals surface area contributed by atoms with Gasteiger partial charge in [0.05, 0.1) is 25.4 Å². The third kappa shape index (κ3) is 12.8. The largest absolute Gasteiger partial charge is 1.00 e. The Bertz CT molecular complexity index is 1550. The molecular formula is C26H35N5NaO16PS. The Morgan fingerprint density at radius 2 is 1.66 bits per heavy atom. The van der Waals surface area contributed by atoms with E-state index in [1.54, 1.807) is 0 Å². The van der Waals surface area contributed by atoms with Gasteiger partial charge in [-0.15, -0.1) is 11.8 Å². The first-order valence-electron chi connectivity index (χ1n) is 14.5. The Hall–Kier alpha value is -2.75. The second-order valence-electron chi connectivity index (χ2n) is 10.6. The second-order valence-corrected chi connectivity index (χ2v) is 13.3. The molecule has 2 aliphatic heterocycles. The van der Waals surface area contributed by atoms with Crippen molar-refractivity contribution in [1.29, 1.82) is 0 Å². The molecule has 272 valence electrons. The first-order chi connectivity index (χ1) is 23.0. The molecule has 0 amide bonds. The van der Waals surface area contributed by atoms with Crippen molar-refractivity contribution in [3.8, 4) is 5.88 Å². The molecule has 2 aliphatic rings. The molecule has 0 bridgehead atoms. The summed E-state index contributed by atoms with van der Waals surface area (Å²) in [6.45, 7) is 4.36. The van der Waals surface area contributed by atoms with Crippen LogP contribution < -0.4 is 40.4 Å². The molecule has 2 saturated heterocycles. The van der Waals surface area contributed by atoms with Crippen molar-refractivity contribution in [2.75, 3.05) is 25.6 Å². The minimum Gasteiger partial charge on any atom is -0.858 e. The summed E-state index contributed by atoms with van der Waals surface area (Å²) in [4.78, 5) is 76.0. The number of nitrogens with zero attached hydrogens (tertiary/aromatic N) is 5. The molecule has 1 aromatic heterocycles. The van der Waals surface area contributed by atoms with Crippen molar-refractivity contribution >= 4 is 43.5 Å². The van der Waals surface area contributed by atoms with E-state index in [9.17, 15) is 38.5 Å². The monoisotopic (exact) mass is 759 g/mol. The molecule has 1 N–H and O–H groups in total. The summed E-state index contributed by atoms with van der Waals surface area (Å²) in [6.07, 6.45) is -6.15. The van der Waals surface area contributed by atoms with E-state index in [1.165, 1.54) is 13.1 Å². The van der Waals surface area contributed by atoms with Gasteiger partial charge in [-0.3, -0.25) is 32.8 Å². The van der Waals surface area contributed by atoms with Crippen LogP contribution in [0.3, 0.4) is 0 Å². The number of ether oxygens (including phenoxy) is 6. The van der Waals surface area contributed by atoms with Crippen LogP contribution in [0, 0.1) is 6.92 Å². The first kappa shape index (κ1) is 43.4. The van der Waals surface area contributed by atoms with Gasteiger partial charge in [-0.1, -0.05) is 5.11 Å². The van der Waals surface area contributed by atoms with Crippen molar-refractivity contribution < 1.29 is 101 Å². The first-order valence-corrected chi connectivity index (χ1v) is 17.1. The number of phosphoric acid groups is 1. The topological polar surface area (TPSA) is 286 Å². The van der Waals surface area contributed by atoms with E-state index in [1.807, 2.05) is 0 Å². The van der Waals surface area contributed by atoms with Gasteiger partial charge in [0, 0.05) is 51.0 Å². The number of carbonyl (C=O) groups excluding carboxylic acids is 4. The van der Waals surface area contributed by atoms with Gasteiger partial charge in [-0.05, 0) is 23.9 Å². The number of thioether (sulfide) groups is 1. The zero-order valence-corrected chi connectivity index (χ0v) is 31.6. The predicted molar refractivity (Wildman–Crippen MR) is 160 cm³/mol. The van der Waals surface area contributed by atoms with Crippen LogP contribution in [0.4, 0.5) is 0 Å². The van der Waals surface area contributed by atoms with Gasteiger partial charge in [0.25, 0.3) is 0 Å². The van der Waals surface area contributed by atoms with Crippen molar-refractivity contribution in [3.63, 3.8) is 0 Å². The molecule has 50 heavy (non-hydrogen) atoms. The number of rotatable bonds is 15. The summed E-state index contributed by atoms with van der Waals surface area (Å²) in [7, 11) is -4.77. The summed E-state index contributed by atoms with van der Waals surface area (Å²) in [5, 5.41) is 15.3. The molecule has 0 saturated carbocycles. The van der Waals surface area contributed by atoms with Gasteiger partial charge in [-0.25, -0.2) is 14.3 Å². The maximum atomic E-state index is 12.7. The van der Waals surface area contributed by atoms with Crippen LogP contribution in [0.2, 0.25) is 0 Å². The van der Waals surface area contributed by atoms with Crippen LogP contribution >= 0.6 is 19.6 Å². The number of esters is 4. The normalized spacial score (nSPS) is 27.1. The molecule has 1 aromatic rings. The quantitative estimate of drug-likeness (QED) is 0.0284. The molecule has 0 aliphatic carbocycles. The number of hydrogen-bond donors (Lipinski definition) is 1. The summed E-state index contributed by atoms with van der Waals surface area (Å²) in [5.41, 5.74) is 7.09. The van der Waals surface area contributed by atoms with Crippen LogP contribution in [0.25, 0.3) is 10.4 Å². The van der Waals surface area contributed by atoms with Crippen LogP contribution in [-0.2, 0) is 61.2 Å². The fourth-order valence-electron chi connectivity index (χ4n) is 4.83. The third-order valence-electron chi connectivity index (χ3n) is 6.77. The molecule has 2 fully saturated rings. The summed E-state index contributed by atoms with van der Waals surface area (Å²) >= 11 is 0.905. The number of phosphoric ester groups is 1. The van der Waals surface area contributed by atoms with Crippen molar-refractivity contribution in [2.24, 2.45) is 5.11 Å². The Balaban J connectivity index is 0.00000867. The summed E-state index contributed by atoms with van der Waals surface area (Å²) in [6, 6.07) is -0.924. The SMILES string of the molecule is CC(=O)OC[C@H]1O[C@@H](SCCOP(=O)(O)OC[C@H]2O[C@@H](n3cc(C)c([O-])nc3=O)C[C@@H]2N=[N+]=[N-])[C@H](OC(C)=O)[C@@H](OC(C)=O)[C@@H]1OC(C)=O.[Na+]. The van der Waals surface area contributed by atoms with Gasteiger partial charge in [0.15, 0.2) is 18.3 Å². The van der Waals surface area contributed by atoms with Crippen LogP contribution in [0.5, 0.6) is 5.88 Å². The van der Waals surface area contributed by atoms with Crippen LogP contribution in [0.15, 0.2) is 16.1 Å². The van der Waals surface area contributed by atoms with Gasteiger partial charge >= 0.3 is 66.9 Å². The fraction of sp³-hybridized carbons (Fsp3) is 0.692. The van der Waals surface area contributed by atoms with E-state index in [2.05, 4.69) is 15.0 Å². The van der Waals surface area contributed by atoms with E-state index in [-0.39, 0.29) is 47.3 Å². The molecule has 0 spiro atoms. The van der Waals surface area contributed by atoms with Crippen LogP contribution in [0.1, 0.15) is 45.9 Å². The Morgan fingerprint density at radius 1 is 1.04 bits per heavy atom.